The predicted octanol–water partition coefficient (Wildman–Crippen LogP) is -0.772. The van der Waals surface area contributed by atoms with Crippen LogP contribution >= 0.6 is 0 Å². The molecule has 6 nitrogen and oxygen atoms in total. The Bertz CT molecular complexity index is 255. The molecule has 104 valence electrons. The van der Waals surface area contributed by atoms with E-state index in [1.165, 1.54) is 0 Å². The van der Waals surface area contributed by atoms with E-state index < -0.39 is 12.1 Å². The van der Waals surface area contributed by atoms with Crippen LogP contribution in [-0.2, 0) is 9.59 Å². The largest absolute Gasteiger partial charge is 0.343 e. The molecule has 0 bridgehead atoms. The number of amides is 2. The first-order valence-electron chi connectivity index (χ1n) is 6.70. The first-order valence-corrected chi connectivity index (χ1v) is 6.70. The maximum Gasteiger partial charge on any atom is 0.243 e. The van der Waals surface area contributed by atoms with Gasteiger partial charge in [0.2, 0.25) is 11.8 Å². The van der Waals surface area contributed by atoms with Crippen molar-refractivity contribution in [1.82, 2.24) is 10.6 Å². The number of carbonyl (C=O) groups excluding carboxylic acids is 2. The number of unbranched alkanes of at least 4 members (excludes halogenated alkanes) is 2. The molecule has 6 heteroatoms. The molecule has 0 radical (unpaired) electrons. The Hall–Kier alpha value is -1.14. The summed E-state index contributed by atoms with van der Waals surface area (Å²) in [5, 5.41) is 5.56. The van der Waals surface area contributed by atoms with Crippen molar-refractivity contribution >= 4 is 11.8 Å². The minimum Gasteiger partial charge on any atom is -0.343 e. The molecule has 2 atom stereocenters. The molecule has 0 aliphatic carbocycles. The van der Waals surface area contributed by atoms with Crippen molar-refractivity contribution in [2.24, 2.45) is 11.5 Å². The third-order valence-corrected chi connectivity index (χ3v) is 3.16. The van der Waals surface area contributed by atoms with Crippen molar-refractivity contribution in [3.05, 3.63) is 0 Å². The first-order chi connectivity index (χ1) is 8.69. The van der Waals surface area contributed by atoms with Crippen molar-refractivity contribution in [2.45, 2.75) is 50.6 Å². The standard InChI is InChI=1S/C12H24N4O2/c13-7-3-1-5-9-11(17)16-10(12(18)15-9)6-2-4-8-14/h9-10H,1-8,13-14H2,(H,15,18)(H,16,17)/t9-,10-/m0/s1. The van der Waals surface area contributed by atoms with E-state index in [9.17, 15) is 9.59 Å². The van der Waals surface area contributed by atoms with E-state index in [4.69, 9.17) is 11.5 Å². The number of nitrogens with two attached hydrogens (primary N) is 2. The highest BCUT2D eigenvalue weighted by Gasteiger charge is 2.32. The monoisotopic (exact) mass is 256 g/mol. The molecule has 18 heavy (non-hydrogen) atoms. The van der Waals surface area contributed by atoms with E-state index in [1.54, 1.807) is 0 Å². The molecular weight excluding hydrogens is 232 g/mol. The van der Waals surface area contributed by atoms with Crippen LogP contribution in [0.3, 0.4) is 0 Å². The van der Waals surface area contributed by atoms with Crippen LogP contribution in [0.15, 0.2) is 0 Å². The maximum absolute atomic E-state index is 11.8. The SMILES string of the molecule is NCCCC[C@@H]1NC(=O)[C@H](CCCCN)NC1=O. The van der Waals surface area contributed by atoms with Crippen LogP contribution in [0.1, 0.15) is 38.5 Å². The lowest BCUT2D eigenvalue weighted by atomic mass is 10.0. The van der Waals surface area contributed by atoms with Crippen LogP contribution < -0.4 is 22.1 Å². The average Bonchev–Trinajstić information content (AvgIpc) is 2.35. The summed E-state index contributed by atoms with van der Waals surface area (Å²) in [7, 11) is 0. The van der Waals surface area contributed by atoms with E-state index in [0.717, 1.165) is 25.7 Å². The Balaban J connectivity index is 2.34. The average molecular weight is 256 g/mol. The Kier molecular flexibility index (Phi) is 6.67. The van der Waals surface area contributed by atoms with Crippen LogP contribution in [0.25, 0.3) is 0 Å². The highest BCUT2D eigenvalue weighted by atomic mass is 16.2. The van der Waals surface area contributed by atoms with Gasteiger partial charge in [0.1, 0.15) is 12.1 Å². The molecule has 2 amide bonds. The molecular formula is C12H24N4O2. The van der Waals surface area contributed by atoms with Crippen LogP contribution in [0.5, 0.6) is 0 Å². The van der Waals surface area contributed by atoms with Gasteiger partial charge in [-0.05, 0) is 51.6 Å². The number of hydrogen-bond donors (Lipinski definition) is 4. The van der Waals surface area contributed by atoms with E-state index in [-0.39, 0.29) is 11.8 Å². The Labute approximate surface area is 108 Å². The van der Waals surface area contributed by atoms with Crippen molar-refractivity contribution in [2.75, 3.05) is 13.1 Å². The quantitative estimate of drug-likeness (QED) is 0.427. The topological polar surface area (TPSA) is 110 Å². The Morgan fingerprint density at radius 1 is 0.778 bits per heavy atom. The normalized spacial score (nSPS) is 23.7. The van der Waals surface area contributed by atoms with Crippen LogP contribution in [0.2, 0.25) is 0 Å². The van der Waals surface area contributed by atoms with Crippen LogP contribution in [0.4, 0.5) is 0 Å². The fourth-order valence-electron chi connectivity index (χ4n) is 2.07. The zero-order chi connectivity index (χ0) is 13.4. The third-order valence-electron chi connectivity index (χ3n) is 3.16. The molecule has 1 aliphatic heterocycles. The van der Waals surface area contributed by atoms with E-state index in [2.05, 4.69) is 10.6 Å². The smallest absolute Gasteiger partial charge is 0.243 e. The van der Waals surface area contributed by atoms with Crippen molar-refractivity contribution in [1.29, 1.82) is 0 Å². The highest BCUT2D eigenvalue weighted by Crippen LogP contribution is 2.09. The van der Waals surface area contributed by atoms with Gasteiger partial charge < -0.3 is 22.1 Å². The molecule has 1 rings (SSSR count). The van der Waals surface area contributed by atoms with Gasteiger partial charge in [-0.2, -0.15) is 0 Å². The zero-order valence-electron chi connectivity index (χ0n) is 10.8. The number of piperazine rings is 1. The second-order valence-corrected chi connectivity index (χ2v) is 4.69. The lowest BCUT2D eigenvalue weighted by Crippen LogP contribution is -2.61. The van der Waals surface area contributed by atoms with Gasteiger partial charge in [0, 0.05) is 0 Å². The molecule has 0 unspecified atom stereocenters. The molecule has 0 aromatic carbocycles. The minimum absolute atomic E-state index is 0.0793. The van der Waals surface area contributed by atoms with Gasteiger partial charge in [0.25, 0.3) is 0 Å². The Morgan fingerprint density at radius 2 is 1.17 bits per heavy atom. The van der Waals surface area contributed by atoms with E-state index in [0.29, 0.717) is 25.9 Å². The summed E-state index contributed by atoms with van der Waals surface area (Å²) < 4.78 is 0. The van der Waals surface area contributed by atoms with Crippen molar-refractivity contribution in [3.8, 4) is 0 Å². The van der Waals surface area contributed by atoms with Crippen LogP contribution in [-0.4, -0.2) is 37.0 Å². The minimum atomic E-state index is -0.394. The van der Waals surface area contributed by atoms with E-state index >= 15 is 0 Å². The maximum atomic E-state index is 11.8. The second kappa shape index (κ2) is 8.05. The molecule has 0 spiro atoms. The lowest BCUT2D eigenvalue weighted by Gasteiger charge is -2.29. The van der Waals surface area contributed by atoms with Gasteiger partial charge in [0.05, 0.1) is 0 Å². The van der Waals surface area contributed by atoms with Gasteiger partial charge in [-0.1, -0.05) is 0 Å². The molecule has 0 saturated carbocycles. The summed E-state index contributed by atoms with van der Waals surface area (Å²) in [4.78, 5) is 23.6. The van der Waals surface area contributed by atoms with E-state index in [1.807, 2.05) is 0 Å². The molecule has 1 aliphatic rings. The molecule has 0 aromatic rings. The van der Waals surface area contributed by atoms with Gasteiger partial charge in [-0.3, -0.25) is 9.59 Å². The van der Waals surface area contributed by atoms with Gasteiger partial charge in [-0.25, -0.2) is 0 Å². The Morgan fingerprint density at radius 3 is 1.50 bits per heavy atom. The summed E-state index contributed by atoms with van der Waals surface area (Å²) in [6.45, 7) is 1.23. The van der Waals surface area contributed by atoms with Gasteiger partial charge in [-0.15, -0.1) is 0 Å². The summed E-state index contributed by atoms with van der Waals surface area (Å²) in [6.07, 6.45) is 4.77. The highest BCUT2D eigenvalue weighted by molar-refractivity contribution is 5.96. The van der Waals surface area contributed by atoms with Gasteiger partial charge >= 0.3 is 0 Å². The third kappa shape index (κ3) is 4.62. The summed E-state index contributed by atoms with van der Waals surface area (Å²) >= 11 is 0. The molecule has 1 fully saturated rings. The van der Waals surface area contributed by atoms with Crippen molar-refractivity contribution in [3.63, 3.8) is 0 Å². The molecule has 0 aromatic heterocycles. The number of nitrogens with one attached hydrogen (secondary N) is 2. The zero-order valence-corrected chi connectivity index (χ0v) is 10.8. The van der Waals surface area contributed by atoms with Crippen molar-refractivity contribution < 1.29 is 9.59 Å². The van der Waals surface area contributed by atoms with Gasteiger partial charge in [0.15, 0.2) is 0 Å². The molecule has 6 N–H and O–H groups in total. The fraction of sp³-hybridized carbons (Fsp3) is 0.833. The molecule has 1 heterocycles. The number of carbonyl (C=O) groups is 2. The first kappa shape index (κ1) is 14.9. The molecule has 1 saturated heterocycles. The predicted molar refractivity (Wildman–Crippen MR) is 69.7 cm³/mol. The fourth-order valence-corrected chi connectivity index (χ4v) is 2.07. The second-order valence-electron chi connectivity index (χ2n) is 4.69. The number of hydrogen-bond acceptors (Lipinski definition) is 4. The summed E-state index contributed by atoms with van der Waals surface area (Å²) in [5.74, 6) is -0.159. The lowest BCUT2D eigenvalue weighted by molar-refractivity contribution is -0.137. The summed E-state index contributed by atoms with van der Waals surface area (Å²) in [5.41, 5.74) is 10.8. The summed E-state index contributed by atoms with van der Waals surface area (Å²) in [6, 6.07) is -0.787. The van der Waals surface area contributed by atoms with Crippen LogP contribution in [0, 0.1) is 0 Å². The number of rotatable bonds is 8.